The molecule has 0 aliphatic heterocycles. The van der Waals surface area contributed by atoms with Crippen LogP contribution in [-0.2, 0) is 0 Å². The summed E-state index contributed by atoms with van der Waals surface area (Å²) >= 11 is 5.99. The van der Waals surface area contributed by atoms with Gasteiger partial charge in [0.05, 0.1) is 22.5 Å². The molecular formula is C20H13ClN6. The van der Waals surface area contributed by atoms with Gasteiger partial charge in [-0.25, -0.2) is 4.52 Å². The van der Waals surface area contributed by atoms with Crippen LogP contribution in [-0.4, -0.2) is 9.61 Å². The summed E-state index contributed by atoms with van der Waals surface area (Å²) in [7, 11) is 0. The predicted molar refractivity (Wildman–Crippen MR) is 105 cm³/mol. The van der Waals surface area contributed by atoms with Crippen LogP contribution in [0.3, 0.4) is 0 Å². The lowest BCUT2D eigenvalue weighted by Crippen LogP contribution is -1.98. The number of nitrogen functional groups attached to an aromatic ring is 1. The number of pyridine rings is 1. The van der Waals surface area contributed by atoms with E-state index in [1.807, 2.05) is 42.5 Å². The van der Waals surface area contributed by atoms with Crippen LogP contribution in [0.2, 0.25) is 5.02 Å². The second kappa shape index (κ2) is 6.90. The molecule has 0 radical (unpaired) electrons. The summed E-state index contributed by atoms with van der Waals surface area (Å²) in [4.78, 5) is 0. The molecule has 0 unspecified atom stereocenters. The van der Waals surface area contributed by atoms with E-state index in [0.29, 0.717) is 33.2 Å². The Morgan fingerprint density at radius 1 is 0.963 bits per heavy atom. The van der Waals surface area contributed by atoms with Gasteiger partial charge in [0.15, 0.2) is 11.5 Å². The van der Waals surface area contributed by atoms with Crippen molar-refractivity contribution in [2.75, 3.05) is 5.73 Å². The van der Waals surface area contributed by atoms with Crippen LogP contribution in [0.5, 0.6) is 0 Å². The molecule has 0 aliphatic carbocycles. The van der Waals surface area contributed by atoms with Crippen LogP contribution in [0, 0.1) is 11.3 Å². The maximum Gasteiger partial charge on any atom is 0.174 e. The molecule has 4 aromatic rings. The van der Waals surface area contributed by atoms with Gasteiger partial charge in [0.1, 0.15) is 6.07 Å². The summed E-state index contributed by atoms with van der Waals surface area (Å²) < 4.78 is 1.62. The molecule has 0 saturated carbocycles. The highest BCUT2D eigenvalue weighted by molar-refractivity contribution is 6.30. The fourth-order valence-electron chi connectivity index (χ4n) is 2.80. The molecule has 6 nitrogen and oxygen atoms in total. The van der Waals surface area contributed by atoms with Crippen LogP contribution in [0.15, 0.2) is 77.0 Å². The van der Waals surface area contributed by atoms with Gasteiger partial charge in [0.25, 0.3) is 0 Å². The quantitative estimate of drug-likeness (QED) is 0.479. The van der Waals surface area contributed by atoms with Crippen molar-refractivity contribution in [1.82, 2.24) is 9.61 Å². The van der Waals surface area contributed by atoms with Crippen molar-refractivity contribution >= 4 is 34.3 Å². The first-order valence-electron chi connectivity index (χ1n) is 8.11. The minimum Gasteiger partial charge on any atom is -0.380 e. The van der Waals surface area contributed by atoms with E-state index in [2.05, 4.69) is 21.4 Å². The first-order chi connectivity index (χ1) is 13.2. The number of benzene rings is 2. The number of nitriles is 1. The Hall–Kier alpha value is -3.69. The Balaban J connectivity index is 1.91. The van der Waals surface area contributed by atoms with Gasteiger partial charge in [-0.3, -0.25) is 0 Å². The largest absolute Gasteiger partial charge is 0.380 e. The average molecular weight is 373 g/mol. The van der Waals surface area contributed by atoms with Crippen molar-refractivity contribution in [2.24, 2.45) is 10.2 Å². The second-order valence-corrected chi connectivity index (χ2v) is 6.22. The molecule has 0 bridgehead atoms. The Morgan fingerprint density at radius 2 is 1.70 bits per heavy atom. The molecule has 7 heteroatoms. The Bertz CT molecular complexity index is 1190. The van der Waals surface area contributed by atoms with E-state index in [0.717, 1.165) is 5.56 Å². The van der Waals surface area contributed by atoms with Gasteiger partial charge in [-0.15, -0.1) is 10.2 Å². The standard InChI is InChI=1S/C20H13ClN6/c21-15-9-6-13(7-10-15)19-14(12-22)8-11-17-18(20(23)26-27(17)19)25-24-16-4-2-1-3-5-16/h1-11H,(H2,23,26). The molecule has 0 saturated heterocycles. The maximum absolute atomic E-state index is 9.53. The van der Waals surface area contributed by atoms with E-state index < -0.39 is 0 Å². The molecule has 4 rings (SSSR count). The molecule has 2 aromatic heterocycles. The van der Waals surface area contributed by atoms with E-state index in [1.54, 1.807) is 28.8 Å². The van der Waals surface area contributed by atoms with Crippen molar-refractivity contribution in [1.29, 1.82) is 5.26 Å². The van der Waals surface area contributed by atoms with Crippen LogP contribution >= 0.6 is 11.6 Å². The minimum absolute atomic E-state index is 0.236. The zero-order chi connectivity index (χ0) is 18.8. The molecule has 0 fully saturated rings. The number of halogens is 1. The van der Waals surface area contributed by atoms with Crippen LogP contribution in [0.4, 0.5) is 17.2 Å². The summed E-state index contributed by atoms with van der Waals surface area (Å²) in [5.41, 5.74) is 9.82. The Kier molecular flexibility index (Phi) is 4.29. The lowest BCUT2D eigenvalue weighted by Gasteiger charge is -2.07. The summed E-state index contributed by atoms with van der Waals surface area (Å²) in [6.45, 7) is 0. The van der Waals surface area contributed by atoms with E-state index >= 15 is 0 Å². The third-order valence-electron chi connectivity index (χ3n) is 4.06. The van der Waals surface area contributed by atoms with E-state index in [4.69, 9.17) is 17.3 Å². The molecule has 2 aromatic carbocycles. The summed E-state index contributed by atoms with van der Waals surface area (Å²) in [5.74, 6) is 0.236. The molecule has 0 aliphatic rings. The predicted octanol–water partition coefficient (Wildman–Crippen LogP) is 5.52. The molecule has 2 N–H and O–H groups in total. The van der Waals surface area contributed by atoms with Crippen molar-refractivity contribution in [3.8, 4) is 17.3 Å². The van der Waals surface area contributed by atoms with Crippen LogP contribution in [0.1, 0.15) is 5.56 Å². The Labute approximate surface area is 160 Å². The van der Waals surface area contributed by atoms with E-state index in [9.17, 15) is 5.26 Å². The minimum atomic E-state index is 0.236. The molecule has 0 amide bonds. The normalized spacial score (nSPS) is 11.1. The maximum atomic E-state index is 9.53. The van der Waals surface area contributed by atoms with Crippen molar-refractivity contribution in [2.45, 2.75) is 0 Å². The zero-order valence-electron chi connectivity index (χ0n) is 14.0. The number of hydrogen-bond donors (Lipinski definition) is 1. The molecule has 27 heavy (non-hydrogen) atoms. The molecule has 2 heterocycles. The van der Waals surface area contributed by atoms with E-state index in [-0.39, 0.29) is 5.82 Å². The molecular weight excluding hydrogens is 360 g/mol. The lowest BCUT2D eigenvalue weighted by molar-refractivity contribution is 0.973. The highest BCUT2D eigenvalue weighted by Gasteiger charge is 2.17. The molecule has 130 valence electrons. The highest BCUT2D eigenvalue weighted by Crippen LogP contribution is 2.34. The SMILES string of the molecule is N#Cc1ccc2c(N=Nc3ccccc3)c(N)nn2c1-c1ccc(Cl)cc1. The van der Waals surface area contributed by atoms with Gasteiger partial charge in [-0.05, 0) is 36.4 Å². The zero-order valence-corrected chi connectivity index (χ0v) is 14.8. The number of anilines is 1. The summed E-state index contributed by atoms with van der Waals surface area (Å²) in [6, 6.07) is 22.2. The summed E-state index contributed by atoms with van der Waals surface area (Å²) in [5, 5.41) is 23.0. The number of fused-ring (bicyclic) bond motifs is 1. The lowest BCUT2D eigenvalue weighted by atomic mass is 10.1. The van der Waals surface area contributed by atoms with Gasteiger partial charge < -0.3 is 5.73 Å². The van der Waals surface area contributed by atoms with Gasteiger partial charge in [-0.2, -0.15) is 10.4 Å². The smallest absolute Gasteiger partial charge is 0.174 e. The summed E-state index contributed by atoms with van der Waals surface area (Å²) in [6.07, 6.45) is 0. The van der Waals surface area contributed by atoms with Crippen LogP contribution < -0.4 is 5.73 Å². The monoisotopic (exact) mass is 372 g/mol. The van der Waals surface area contributed by atoms with Gasteiger partial charge in [0.2, 0.25) is 0 Å². The van der Waals surface area contributed by atoms with Crippen molar-refractivity contribution < 1.29 is 0 Å². The fourth-order valence-corrected chi connectivity index (χ4v) is 2.92. The topological polar surface area (TPSA) is 91.8 Å². The third kappa shape index (κ3) is 3.12. The third-order valence-corrected chi connectivity index (χ3v) is 4.31. The highest BCUT2D eigenvalue weighted by atomic mass is 35.5. The molecule has 0 atom stereocenters. The number of nitrogens with zero attached hydrogens (tertiary/aromatic N) is 5. The van der Waals surface area contributed by atoms with Gasteiger partial charge in [0, 0.05) is 10.6 Å². The van der Waals surface area contributed by atoms with Gasteiger partial charge >= 0.3 is 0 Å². The second-order valence-electron chi connectivity index (χ2n) is 5.78. The number of nitrogens with two attached hydrogens (primary N) is 1. The van der Waals surface area contributed by atoms with Crippen LogP contribution in [0.25, 0.3) is 16.8 Å². The number of azo groups is 1. The van der Waals surface area contributed by atoms with Gasteiger partial charge in [-0.1, -0.05) is 41.9 Å². The van der Waals surface area contributed by atoms with Crippen molar-refractivity contribution in [3.63, 3.8) is 0 Å². The Morgan fingerprint density at radius 3 is 2.41 bits per heavy atom. The van der Waals surface area contributed by atoms with Crippen molar-refractivity contribution in [3.05, 3.63) is 77.3 Å². The number of rotatable bonds is 3. The fraction of sp³-hybridized carbons (Fsp3) is 0. The number of hydrogen-bond acceptors (Lipinski definition) is 5. The number of aromatic nitrogens is 2. The average Bonchev–Trinajstić information content (AvgIpc) is 3.02. The first-order valence-corrected chi connectivity index (χ1v) is 8.49. The first kappa shape index (κ1) is 16.8. The molecule has 0 spiro atoms. The van der Waals surface area contributed by atoms with E-state index in [1.165, 1.54) is 0 Å².